The number of anilines is 1. The number of ether oxygens (including phenoxy) is 1. The van der Waals surface area contributed by atoms with Gasteiger partial charge in [0.1, 0.15) is 18.2 Å². The van der Waals surface area contributed by atoms with Gasteiger partial charge in [0.15, 0.2) is 0 Å². The highest BCUT2D eigenvalue weighted by Gasteiger charge is 2.18. The molecule has 0 unspecified atom stereocenters. The summed E-state index contributed by atoms with van der Waals surface area (Å²) in [7, 11) is 0. The van der Waals surface area contributed by atoms with Crippen molar-refractivity contribution in [2.24, 2.45) is 0 Å². The van der Waals surface area contributed by atoms with Gasteiger partial charge in [-0.1, -0.05) is 23.7 Å². The Kier molecular flexibility index (Phi) is 5.83. The van der Waals surface area contributed by atoms with Crippen LogP contribution in [0.15, 0.2) is 65.7 Å². The zero-order valence-electron chi connectivity index (χ0n) is 15.9. The van der Waals surface area contributed by atoms with Gasteiger partial charge in [-0.15, -0.1) is 0 Å². The normalized spacial score (nSPS) is 16.6. The zero-order valence-corrected chi connectivity index (χ0v) is 16.6. The maximum absolute atomic E-state index is 12.5. The molecule has 3 aromatic rings. The largest absolute Gasteiger partial charge is 0.489 e. The molecule has 150 valence electrons. The number of aliphatic hydroxyl groups is 1. The average Bonchev–Trinajstić information content (AvgIpc) is 2.74. The van der Waals surface area contributed by atoms with E-state index in [1.165, 1.54) is 10.6 Å². The van der Waals surface area contributed by atoms with E-state index in [1.54, 1.807) is 30.6 Å². The quantitative estimate of drug-likeness (QED) is 0.696. The maximum Gasteiger partial charge on any atom is 0.258 e. The molecule has 0 aliphatic carbocycles. The number of hydrogen-bond acceptors (Lipinski definition) is 5. The number of piperidine rings is 1. The van der Waals surface area contributed by atoms with Gasteiger partial charge >= 0.3 is 0 Å². The molecule has 29 heavy (non-hydrogen) atoms. The average molecular weight is 412 g/mol. The third-order valence-electron chi connectivity index (χ3n) is 4.94. The lowest BCUT2D eigenvalue weighted by molar-refractivity contribution is 0.154. The van der Waals surface area contributed by atoms with E-state index in [0.29, 0.717) is 29.6 Å². The lowest BCUT2D eigenvalue weighted by Gasteiger charge is -2.31. The molecule has 1 atom stereocenters. The molecule has 6 nitrogen and oxygen atoms in total. The maximum atomic E-state index is 12.5. The van der Waals surface area contributed by atoms with E-state index in [9.17, 15) is 9.90 Å². The first kappa shape index (κ1) is 19.5. The smallest absolute Gasteiger partial charge is 0.258 e. The minimum absolute atomic E-state index is 0.193. The summed E-state index contributed by atoms with van der Waals surface area (Å²) in [4.78, 5) is 19.1. The van der Waals surface area contributed by atoms with Gasteiger partial charge in [-0.25, -0.2) is 4.98 Å². The summed E-state index contributed by atoms with van der Waals surface area (Å²) in [6.45, 7) is 1.83. The minimum atomic E-state index is -0.312. The molecule has 1 aromatic carbocycles. The van der Waals surface area contributed by atoms with Gasteiger partial charge in [-0.3, -0.25) is 9.36 Å². The Labute approximate surface area is 174 Å². The van der Waals surface area contributed by atoms with E-state index >= 15 is 0 Å². The van der Waals surface area contributed by atoms with Crippen LogP contribution in [-0.2, 0) is 6.61 Å². The summed E-state index contributed by atoms with van der Waals surface area (Å²) >= 11 is 5.88. The van der Waals surface area contributed by atoms with Crippen molar-refractivity contribution in [2.45, 2.75) is 25.6 Å². The van der Waals surface area contributed by atoms with Crippen LogP contribution < -0.4 is 15.2 Å². The fourth-order valence-corrected chi connectivity index (χ4v) is 3.51. The van der Waals surface area contributed by atoms with Crippen LogP contribution in [-0.4, -0.2) is 33.9 Å². The summed E-state index contributed by atoms with van der Waals surface area (Å²) in [5, 5.41) is 10.5. The highest BCUT2D eigenvalue weighted by Crippen LogP contribution is 2.19. The Hall–Kier alpha value is -2.83. The van der Waals surface area contributed by atoms with Gasteiger partial charge in [0.2, 0.25) is 0 Å². The second kappa shape index (κ2) is 8.68. The van der Waals surface area contributed by atoms with Crippen LogP contribution >= 0.6 is 11.6 Å². The summed E-state index contributed by atoms with van der Waals surface area (Å²) in [5.41, 5.74) is 1.46. The SMILES string of the molecule is O=c1cc(OCc2ccc(Cl)cc2)ccn1-c1ccc(N2CCC[C@@H](O)C2)nc1. The van der Waals surface area contributed by atoms with Gasteiger partial charge in [-0.05, 0) is 48.7 Å². The molecule has 1 aliphatic rings. The molecule has 0 amide bonds. The monoisotopic (exact) mass is 411 g/mol. The van der Waals surface area contributed by atoms with Crippen molar-refractivity contribution < 1.29 is 9.84 Å². The van der Waals surface area contributed by atoms with Crippen molar-refractivity contribution in [1.82, 2.24) is 9.55 Å². The van der Waals surface area contributed by atoms with E-state index < -0.39 is 0 Å². The molecule has 1 aliphatic heterocycles. The van der Waals surface area contributed by atoms with Gasteiger partial charge in [0.25, 0.3) is 5.56 Å². The first-order valence-electron chi connectivity index (χ1n) is 9.58. The van der Waals surface area contributed by atoms with Gasteiger partial charge < -0.3 is 14.7 Å². The summed E-state index contributed by atoms with van der Waals surface area (Å²) in [6.07, 6.45) is 4.82. The van der Waals surface area contributed by atoms with Crippen molar-refractivity contribution in [3.05, 3.63) is 81.9 Å². The Bertz CT molecular complexity index is 1020. The third kappa shape index (κ3) is 4.78. The number of β-amino-alcohol motifs (C(OH)–C–C–N with tert-alkyl or cyclic N) is 1. The molecule has 0 radical (unpaired) electrons. The van der Waals surface area contributed by atoms with E-state index in [-0.39, 0.29) is 11.7 Å². The number of halogens is 1. The lowest BCUT2D eigenvalue weighted by atomic mass is 10.1. The molecule has 0 bridgehead atoms. The Morgan fingerprint density at radius 1 is 1.17 bits per heavy atom. The van der Waals surface area contributed by atoms with Crippen LogP contribution in [0.1, 0.15) is 18.4 Å². The topological polar surface area (TPSA) is 67.6 Å². The number of rotatable bonds is 5. The number of pyridine rings is 2. The van der Waals surface area contributed by atoms with Crippen molar-refractivity contribution in [3.8, 4) is 11.4 Å². The van der Waals surface area contributed by atoms with Crippen LogP contribution in [0, 0.1) is 0 Å². The number of nitrogens with zero attached hydrogens (tertiary/aromatic N) is 3. The first-order chi connectivity index (χ1) is 14.1. The molecule has 7 heteroatoms. The Balaban J connectivity index is 1.44. The van der Waals surface area contributed by atoms with Crippen LogP contribution in [0.2, 0.25) is 5.02 Å². The van der Waals surface area contributed by atoms with Crippen LogP contribution in [0.5, 0.6) is 5.75 Å². The van der Waals surface area contributed by atoms with E-state index in [0.717, 1.165) is 30.8 Å². The standard InChI is InChI=1S/C22H22ClN3O3/c23-17-5-3-16(4-6-17)15-29-20-9-11-26(22(28)12-20)18-7-8-21(24-13-18)25-10-1-2-19(27)14-25/h3-9,11-13,19,27H,1-2,10,14-15H2/t19-/m1/s1. The lowest BCUT2D eigenvalue weighted by Crippen LogP contribution is -2.38. The molecule has 0 saturated carbocycles. The molecule has 1 N–H and O–H groups in total. The zero-order chi connectivity index (χ0) is 20.2. The van der Waals surface area contributed by atoms with Gasteiger partial charge in [0.05, 0.1) is 18.0 Å². The minimum Gasteiger partial charge on any atom is -0.489 e. The Morgan fingerprint density at radius 2 is 2.00 bits per heavy atom. The van der Waals surface area contributed by atoms with Crippen molar-refractivity contribution >= 4 is 17.4 Å². The van der Waals surface area contributed by atoms with Crippen LogP contribution in [0.4, 0.5) is 5.82 Å². The van der Waals surface area contributed by atoms with Gasteiger partial charge in [0, 0.05) is 30.4 Å². The number of benzene rings is 1. The predicted molar refractivity (Wildman–Crippen MR) is 113 cm³/mol. The number of aliphatic hydroxyl groups excluding tert-OH is 1. The van der Waals surface area contributed by atoms with E-state index in [2.05, 4.69) is 9.88 Å². The Morgan fingerprint density at radius 3 is 2.69 bits per heavy atom. The molecule has 2 aromatic heterocycles. The molecule has 1 saturated heterocycles. The second-order valence-electron chi connectivity index (χ2n) is 7.10. The summed E-state index contributed by atoms with van der Waals surface area (Å²) in [6, 6.07) is 14.3. The second-order valence-corrected chi connectivity index (χ2v) is 7.54. The van der Waals surface area contributed by atoms with Crippen molar-refractivity contribution in [2.75, 3.05) is 18.0 Å². The molecular formula is C22H22ClN3O3. The van der Waals surface area contributed by atoms with Crippen molar-refractivity contribution in [3.63, 3.8) is 0 Å². The molecule has 4 rings (SSSR count). The predicted octanol–water partition coefficient (Wildman–Crippen LogP) is 3.43. The molecule has 3 heterocycles. The first-order valence-corrected chi connectivity index (χ1v) is 9.96. The summed E-state index contributed by atoms with van der Waals surface area (Å²) in [5.74, 6) is 1.32. The summed E-state index contributed by atoms with van der Waals surface area (Å²) < 4.78 is 7.23. The van der Waals surface area contributed by atoms with Crippen molar-refractivity contribution in [1.29, 1.82) is 0 Å². The molecular weight excluding hydrogens is 390 g/mol. The highest BCUT2D eigenvalue weighted by molar-refractivity contribution is 6.30. The van der Waals surface area contributed by atoms with E-state index in [4.69, 9.17) is 16.3 Å². The van der Waals surface area contributed by atoms with Crippen LogP contribution in [0.25, 0.3) is 5.69 Å². The third-order valence-corrected chi connectivity index (χ3v) is 5.19. The molecule has 0 spiro atoms. The van der Waals surface area contributed by atoms with Gasteiger partial charge in [-0.2, -0.15) is 0 Å². The molecule has 1 fully saturated rings. The fourth-order valence-electron chi connectivity index (χ4n) is 3.38. The highest BCUT2D eigenvalue weighted by atomic mass is 35.5. The fraction of sp³-hybridized carbons (Fsp3) is 0.273. The number of aromatic nitrogens is 2. The number of hydrogen-bond donors (Lipinski definition) is 1. The van der Waals surface area contributed by atoms with E-state index in [1.807, 2.05) is 24.3 Å². The van der Waals surface area contributed by atoms with Crippen LogP contribution in [0.3, 0.4) is 0 Å².